The molecule has 0 bridgehead atoms. The van der Waals surface area contributed by atoms with Gasteiger partial charge in [0.1, 0.15) is 0 Å². The summed E-state index contributed by atoms with van der Waals surface area (Å²) in [6, 6.07) is 0. The van der Waals surface area contributed by atoms with Crippen molar-refractivity contribution in [2.24, 2.45) is 10.9 Å². The molecule has 0 heterocycles. The second-order valence-electron chi connectivity index (χ2n) is 16.8. The van der Waals surface area contributed by atoms with Crippen LogP contribution in [-0.2, 0) is 19.1 Å². The van der Waals surface area contributed by atoms with Gasteiger partial charge in [0.2, 0.25) is 0 Å². The Morgan fingerprint density at radius 2 is 0.900 bits per heavy atom. The second-order valence-corrected chi connectivity index (χ2v) is 16.8. The Kier molecular flexibility index (Phi) is 63.9. The SMILES string of the molecule is C=CN=CN(C)CCC.CC.CCCC.CCCCCCCCCOC(=O)CCCCCCCN(C)CCCCCCCOC(=O)C(CCCCC)CCCCCCCC. The fraction of sp³-hybridized carbons (Fsp3) is 0.906. The van der Waals surface area contributed by atoms with Crippen molar-refractivity contribution in [3.63, 3.8) is 0 Å². The number of hydrogen-bond donors (Lipinski definition) is 0. The molecule has 0 rings (SSSR count). The van der Waals surface area contributed by atoms with Crippen molar-refractivity contribution in [1.82, 2.24) is 9.80 Å². The molecule has 7 nitrogen and oxygen atoms in total. The van der Waals surface area contributed by atoms with Crippen molar-refractivity contribution in [2.75, 3.05) is 46.9 Å². The van der Waals surface area contributed by atoms with E-state index in [2.05, 4.69) is 65.1 Å². The first-order valence-electron chi connectivity index (χ1n) is 26.1. The van der Waals surface area contributed by atoms with Gasteiger partial charge in [0.05, 0.1) is 25.5 Å². The van der Waals surface area contributed by atoms with Crippen LogP contribution in [0.3, 0.4) is 0 Å². The first-order chi connectivity index (χ1) is 29.3. The van der Waals surface area contributed by atoms with Gasteiger partial charge in [-0.05, 0) is 71.5 Å². The van der Waals surface area contributed by atoms with E-state index in [0.717, 1.165) is 77.4 Å². The first-order valence-corrected chi connectivity index (χ1v) is 26.1. The van der Waals surface area contributed by atoms with Gasteiger partial charge in [-0.1, -0.05) is 210 Å². The molecule has 0 saturated heterocycles. The van der Waals surface area contributed by atoms with Gasteiger partial charge < -0.3 is 19.3 Å². The van der Waals surface area contributed by atoms with Crippen molar-refractivity contribution in [2.45, 2.75) is 261 Å². The molecule has 0 aromatic heterocycles. The van der Waals surface area contributed by atoms with Crippen molar-refractivity contribution < 1.29 is 19.1 Å². The number of rotatable bonds is 41. The zero-order valence-corrected chi connectivity index (χ0v) is 42.6. The van der Waals surface area contributed by atoms with Gasteiger partial charge >= 0.3 is 11.9 Å². The average molecular weight is 852 g/mol. The van der Waals surface area contributed by atoms with E-state index in [1.54, 1.807) is 6.34 Å². The lowest BCUT2D eigenvalue weighted by Crippen LogP contribution is -2.20. The molecular weight excluding hydrogens is 743 g/mol. The van der Waals surface area contributed by atoms with Crippen LogP contribution in [0.25, 0.3) is 0 Å². The van der Waals surface area contributed by atoms with Crippen molar-refractivity contribution in [3.05, 3.63) is 12.8 Å². The molecule has 7 heteroatoms. The van der Waals surface area contributed by atoms with Crippen LogP contribution in [0.5, 0.6) is 0 Å². The van der Waals surface area contributed by atoms with Crippen LogP contribution in [0.4, 0.5) is 0 Å². The molecule has 0 aromatic carbocycles. The fourth-order valence-corrected chi connectivity index (χ4v) is 6.68. The smallest absolute Gasteiger partial charge is 0.308 e. The molecule has 1 atom stereocenters. The molecule has 0 fully saturated rings. The van der Waals surface area contributed by atoms with Crippen LogP contribution in [-0.4, -0.2) is 75.0 Å². The van der Waals surface area contributed by atoms with Crippen molar-refractivity contribution in [1.29, 1.82) is 0 Å². The Balaban J connectivity index is -0.000000885. The highest BCUT2D eigenvalue weighted by atomic mass is 16.5. The largest absolute Gasteiger partial charge is 0.466 e. The average Bonchev–Trinajstić information content (AvgIpc) is 3.26. The lowest BCUT2D eigenvalue weighted by atomic mass is 9.94. The summed E-state index contributed by atoms with van der Waals surface area (Å²) >= 11 is 0. The minimum absolute atomic E-state index is 0.00743. The Morgan fingerprint density at radius 1 is 0.500 bits per heavy atom. The van der Waals surface area contributed by atoms with Crippen LogP contribution < -0.4 is 0 Å². The summed E-state index contributed by atoms with van der Waals surface area (Å²) in [6.45, 7) is 25.3. The lowest BCUT2D eigenvalue weighted by molar-refractivity contribution is -0.149. The molecule has 0 aliphatic carbocycles. The van der Waals surface area contributed by atoms with Gasteiger partial charge in [0, 0.05) is 26.2 Å². The maximum atomic E-state index is 12.7. The summed E-state index contributed by atoms with van der Waals surface area (Å²) in [5, 5.41) is 0. The van der Waals surface area contributed by atoms with Gasteiger partial charge in [0.15, 0.2) is 0 Å². The molecule has 1 unspecified atom stereocenters. The Hall–Kier alpha value is -1.89. The maximum absolute atomic E-state index is 12.7. The van der Waals surface area contributed by atoms with Crippen LogP contribution in [0.15, 0.2) is 17.8 Å². The van der Waals surface area contributed by atoms with Crippen molar-refractivity contribution in [3.8, 4) is 0 Å². The van der Waals surface area contributed by atoms with Gasteiger partial charge in [-0.2, -0.15) is 0 Å². The van der Waals surface area contributed by atoms with Crippen LogP contribution in [0.1, 0.15) is 261 Å². The quantitative estimate of drug-likeness (QED) is 0.0264. The topological polar surface area (TPSA) is 71.4 Å². The van der Waals surface area contributed by atoms with E-state index in [1.807, 2.05) is 25.8 Å². The van der Waals surface area contributed by atoms with Crippen LogP contribution in [0.2, 0.25) is 0 Å². The summed E-state index contributed by atoms with van der Waals surface area (Å²) in [7, 11) is 4.24. The molecule has 0 radical (unpaired) electrons. The minimum Gasteiger partial charge on any atom is -0.466 e. The van der Waals surface area contributed by atoms with E-state index < -0.39 is 0 Å². The summed E-state index contributed by atoms with van der Waals surface area (Å²) in [5.74, 6) is 0.177. The monoisotopic (exact) mass is 852 g/mol. The number of ether oxygens (including phenoxy) is 2. The molecule has 0 aromatic rings. The zero-order chi connectivity index (χ0) is 45.6. The standard InChI is InChI=1S/C40H79NO4.C7H14N2.C4H10.C2H6/c1-5-8-11-13-15-22-29-36-44-39(42)33-26-19-16-20-27-34-41(4)35-28-21-17-23-30-37-45-40(43)38(31-24-10-7-3)32-25-18-14-12-9-6-2;1-4-6-9(3)7-8-5-2;1-3-4-2;1-2/h38H,5-37H2,1-4H3;5,7H,2,4,6H2,1,3H3;3-4H2,1-2H3;1-2H3. The number of hydrogen-bond acceptors (Lipinski definition) is 6. The third kappa shape index (κ3) is 58.2. The predicted octanol–water partition coefficient (Wildman–Crippen LogP) is 16.3. The van der Waals surface area contributed by atoms with E-state index in [1.165, 1.54) is 147 Å². The van der Waals surface area contributed by atoms with Gasteiger partial charge in [0.25, 0.3) is 0 Å². The molecular formula is C53H109N3O4. The molecule has 360 valence electrons. The zero-order valence-electron chi connectivity index (χ0n) is 42.6. The highest BCUT2D eigenvalue weighted by molar-refractivity contribution is 5.72. The minimum atomic E-state index is -0.00743. The first kappa shape index (κ1) is 64.7. The molecule has 0 amide bonds. The predicted molar refractivity (Wildman–Crippen MR) is 267 cm³/mol. The Labute approximate surface area is 377 Å². The molecule has 0 aliphatic heterocycles. The number of carbonyl (C=O) groups is 2. The third-order valence-corrected chi connectivity index (χ3v) is 10.7. The summed E-state index contributed by atoms with van der Waals surface area (Å²) in [6.07, 6.45) is 41.4. The van der Waals surface area contributed by atoms with E-state index in [9.17, 15) is 9.59 Å². The molecule has 0 aliphatic rings. The van der Waals surface area contributed by atoms with Crippen LogP contribution >= 0.6 is 0 Å². The number of carbonyl (C=O) groups excluding carboxylic acids is 2. The number of esters is 2. The second kappa shape index (κ2) is 59.2. The number of aliphatic imine (C=N–C) groups is 1. The number of nitrogens with zero attached hydrogens (tertiary/aromatic N) is 3. The highest BCUT2D eigenvalue weighted by Crippen LogP contribution is 2.20. The molecule has 0 spiro atoms. The van der Waals surface area contributed by atoms with E-state index in [-0.39, 0.29) is 17.9 Å². The van der Waals surface area contributed by atoms with E-state index >= 15 is 0 Å². The summed E-state index contributed by atoms with van der Waals surface area (Å²) in [5.41, 5.74) is 0. The fourth-order valence-electron chi connectivity index (χ4n) is 6.68. The Bertz CT molecular complexity index is 850. The third-order valence-electron chi connectivity index (χ3n) is 10.7. The van der Waals surface area contributed by atoms with Gasteiger partial charge in [-0.15, -0.1) is 0 Å². The van der Waals surface area contributed by atoms with E-state index in [4.69, 9.17) is 9.47 Å². The Morgan fingerprint density at radius 3 is 1.37 bits per heavy atom. The van der Waals surface area contributed by atoms with Crippen LogP contribution in [0, 0.1) is 5.92 Å². The molecule has 0 saturated carbocycles. The maximum Gasteiger partial charge on any atom is 0.308 e. The summed E-state index contributed by atoms with van der Waals surface area (Å²) in [4.78, 5) is 33.0. The van der Waals surface area contributed by atoms with Gasteiger partial charge in [-0.3, -0.25) is 9.59 Å². The molecule has 60 heavy (non-hydrogen) atoms. The lowest BCUT2D eigenvalue weighted by Gasteiger charge is -2.17. The molecule has 0 N–H and O–H groups in total. The van der Waals surface area contributed by atoms with Crippen molar-refractivity contribution >= 4 is 18.3 Å². The normalized spacial score (nSPS) is 11.2. The van der Waals surface area contributed by atoms with E-state index in [0.29, 0.717) is 19.6 Å². The van der Waals surface area contributed by atoms with Gasteiger partial charge in [-0.25, -0.2) is 4.99 Å². The number of unbranched alkanes of at least 4 members (excludes halogenated alkanes) is 22. The highest BCUT2D eigenvalue weighted by Gasteiger charge is 2.19. The summed E-state index contributed by atoms with van der Waals surface area (Å²) < 4.78 is 11.1.